The molecule has 0 amide bonds. The molecule has 0 fully saturated rings. The topological polar surface area (TPSA) is 39.7 Å². The van der Waals surface area contributed by atoms with Crippen LogP contribution in [0.5, 0.6) is 0 Å². The minimum Gasteiger partial charge on any atom is -0.367 e. The van der Waals surface area contributed by atoms with E-state index in [1.165, 1.54) is 22.4 Å². The molecule has 0 aliphatic heterocycles. The van der Waals surface area contributed by atoms with Gasteiger partial charge in [-0.15, -0.1) is 0 Å². The first-order chi connectivity index (χ1) is 14.6. The molecule has 0 saturated carbocycles. The van der Waals surface area contributed by atoms with Crippen LogP contribution in [0.1, 0.15) is 29.2 Å². The number of benzene rings is 3. The van der Waals surface area contributed by atoms with E-state index in [1.54, 1.807) is 6.21 Å². The van der Waals surface area contributed by atoms with E-state index in [1.807, 2.05) is 18.2 Å². The summed E-state index contributed by atoms with van der Waals surface area (Å²) in [7, 11) is 0. The highest BCUT2D eigenvalue weighted by Gasteiger charge is 2.05. The summed E-state index contributed by atoms with van der Waals surface area (Å²) in [4.78, 5) is 2.34. The van der Waals surface area contributed by atoms with Crippen molar-refractivity contribution in [1.82, 2.24) is 5.43 Å². The second-order valence-electron chi connectivity index (χ2n) is 7.16. The zero-order valence-electron chi connectivity index (χ0n) is 17.7. The van der Waals surface area contributed by atoms with Crippen LogP contribution in [0.3, 0.4) is 0 Å². The maximum atomic E-state index is 5.34. The predicted molar refractivity (Wildman–Crippen MR) is 132 cm³/mol. The molecule has 0 bridgehead atoms. The molecule has 3 aromatic carbocycles. The van der Waals surface area contributed by atoms with Gasteiger partial charge in [-0.2, -0.15) is 5.10 Å². The average molecular weight is 417 g/mol. The molecule has 0 radical (unpaired) electrons. The molecule has 0 aliphatic carbocycles. The van der Waals surface area contributed by atoms with Crippen molar-refractivity contribution in [2.45, 2.75) is 27.3 Å². The van der Waals surface area contributed by atoms with Gasteiger partial charge in [0.25, 0.3) is 0 Å². The van der Waals surface area contributed by atoms with Crippen LogP contribution in [-0.4, -0.2) is 17.9 Å². The quantitative estimate of drug-likeness (QED) is 0.297. The fourth-order valence-corrected chi connectivity index (χ4v) is 3.33. The lowest BCUT2D eigenvalue weighted by Gasteiger charge is -2.23. The predicted octanol–water partition coefficient (Wildman–Crippen LogP) is 5.65. The van der Waals surface area contributed by atoms with Crippen LogP contribution in [0.15, 0.2) is 77.9 Å². The summed E-state index contributed by atoms with van der Waals surface area (Å²) in [5, 5.41) is 7.92. The van der Waals surface area contributed by atoms with E-state index in [9.17, 15) is 0 Å². The van der Waals surface area contributed by atoms with Gasteiger partial charge in [0.2, 0.25) is 0 Å². The Kier molecular flexibility index (Phi) is 7.57. The van der Waals surface area contributed by atoms with Gasteiger partial charge in [0.05, 0.1) is 6.21 Å². The summed E-state index contributed by atoms with van der Waals surface area (Å²) in [5.74, 6) is 0. The molecule has 2 N–H and O–H groups in total. The Labute approximate surface area is 184 Å². The molecule has 0 aliphatic rings. The Morgan fingerprint density at radius 1 is 0.967 bits per heavy atom. The van der Waals surface area contributed by atoms with E-state index in [-0.39, 0.29) is 0 Å². The van der Waals surface area contributed by atoms with Crippen LogP contribution < -0.4 is 15.6 Å². The van der Waals surface area contributed by atoms with E-state index >= 15 is 0 Å². The van der Waals surface area contributed by atoms with E-state index in [2.05, 4.69) is 96.1 Å². The van der Waals surface area contributed by atoms with Crippen molar-refractivity contribution in [3.05, 3.63) is 95.1 Å². The number of nitrogens with zero attached hydrogens (tertiary/aromatic N) is 2. The molecule has 0 spiro atoms. The summed E-state index contributed by atoms with van der Waals surface area (Å²) in [6.45, 7) is 8.17. The summed E-state index contributed by atoms with van der Waals surface area (Å²) in [5.41, 5.74) is 9.79. The SMILES string of the molecule is CCN(Cc1ccccc1)c1ccc(C=NNC(=S)Nc2cccc(C)c2C)cc1. The lowest BCUT2D eigenvalue weighted by atomic mass is 10.1. The highest BCUT2D eigenvalue weighted by molar-refractivity contribution is 7.80. The van der Waals surface area contributed by atoms with Gasteiger partial charge in [0, 0.05) is 24.5 Å². The van der Waals surface area contributed by atoms with Gasteiger partial charge in [0.1, 0.15) is 0 Å². The molecular formula is C25H28N4S. The second kappa shape index (κ2) is 10.6. The number of thiocarbonyl (C=S) groups is 1. The molecule has 0 aromatic heterocycles. The van der Waals surface area contributed by atoms with Crippen LogP contribution in [0.4, 0.5) is 11.4 Å². The third-order valence-corrected chi connectivity index (χ3v) is 5.28. The summed E-state index contributed by atoms with van der Waals surface area (Å²) in [6, 6.07) is 25.0. The average Bonchev–Trinajstić information content (AvgIpc) is 2.76. The minimum absolute atomic E-state index is 0.469. The van der Waals surface area contributed by atoms with Gasteiger partial charge < -0.3 is 10.2 Å². The molecule has 3 aromatic rings. The Bertz CT molecular complexity index is 997. The Hall–Kier alpha value is -3.18. The van der Waals surface area contributed by atoms with Crippen molar-refractivity contribution in [2.75, 3.05) is 16.8 Å². The number of rotatable bonds is 7. The third kappa shape index (κ3) is 5.91. The maximum absolute atomic E-state index is 5.34. The smallest absolute Gasteiger partial charge is 0.191 e. The summed E-state index contributed by atoms with van der Waals surface area (Å²) in [6.07, 6.45) is 1.77. The standard InChI is InChI=1S/C25H28N4S/c1-4-29(18-22-10-6-5-7-11-22)23-15-13-21(14-16-23)17-26-28-25(30)27-24-12-8-9-19(2)20(24)3/h5-17H,4,18H2,1-3H3,(H2,27,28,30). The van der Waals surface area contributed by atoms with Crippen molar-refractivity contribution in [1.29, 1.82) is 0 Å². The number of anilines is 2. The van der Waals surface area contributed by atoms with Crippen molar-refractivity contribution in [3.8, 4) is 0 Å². The van der Waals surface area contributed by atoms with E-state index in [0.29, 0.717) is 5.11 Å². The molecular weight excluding hydrogens is 388 g/mol. The van der Waals surface area contributed by atoms with Crippen LogP contribution in [0.25, 0.3) is 0 Å². The number of nitrogens with one attached hydrogen (secondary N) is 2. The monoisotopic (exact) mass is 416 g/mol. The first-order valence-corrected chi connectivity index (χ1v) is 10.5. The minimum atomic E-state index is 0.469. The third-order valence-electron chi connectivity index (χ3n) is 5.09. The molecule has 5 heteroatoms. The molecule has 0 atom stereocenters. The lowest BCUT2D eigenvalue weighted by molar-refractivity contribution is 0.832. The molecule has 4 nitrogen and oxygen atoms in total. The first kappa shape index (κ1) is 21.5. The van der Waals surface area contributed by atoms with Crippen LogP contribution in [0, 0.1) is 13.8 Å². The summed E-state index contributed by atoms with van der Waals surface area (Å²) >= 11 is 5.34. The Morgan fingerprint density at radius 2 is 1.70 bits per heavy atom. The maximum Gasteiger partial charge on any atom is 0.191 e. The number of aryl methyl sites for hydroxylation is 1. The number of hydrogen-bond donors (Lipinski definition) is 2. The molecule has 0 unspecified atom stereocenters. The fourth-order valence-electron chi connectivity index (χ4n) is 3.16. The van der Waals surface area contributed by atoms with Gasteiger partial charge in [-0.05, 0) is 73.4 Å². The zero-order valence-corrected chi connectivity index (χ0v) is 18.5. The molecule has 30 heavy (non-hydrogen) atoms. The largest absolute Gasteiger partial charge is 0.367 e. The van der Waals surface area contributed by atoms with E-state index in [4.69, 9.17) is 12.2 Å². The van der Waals surface area contributed by atoms with Crippen molar-refractivity contribution < 1.29 is 0 Å². The van der Waals surface area contributed by atoms with Gasteiger partial charge in [0.15, 0.2) is 5.11 Å². The second-order valence-corrected chi connectivity index (χ2v) is 7.57. The van der Waals surface area contributed by atoms with Crippen LogP contribution in [-0.2, 0) is 6.54 Å². The number of hydrazone groups is 1. The van der Waals surface area contributed by atoms with Gasteiger partial charge >= 0.3 is 0 Å². The first-order valence-electron chi connectivity index (χ1n) is 10.1. The van der Waals surface area contributed by atoms with Crippen molar-refractivity contribution in [3.63, 3.8) is 0 Å². The Morgan fingerprint density at radius 3 is 2.40 bits per heavy atom. The molecule has 0 heterocycles. The van der Waals surface area contributed by atoms with E-state index < -0.39 is 0 Å². The van der Waals surface area contributed by atoms with Gasteiger partial charge in [-0.1, -0.05) is 54.6 Å². The zero-order chi connectivity index (χ0) is 21.3. The highest BCUT2D eigenvalue weighted by Crippen LogP contribution is 2.18. The van der Waals surface area contributed by atoms with E-state index in [0.717, 1.165) is 24.3 Å². The normalized spacial score (nSPS) is 10.8. The van der Waals surface area contributed by atoms with Crippen molar-refractivity contribution >= 4 is 34.9 Å². The summed E-state index contributed by atoms with van der Waals surface area (Å²) < 4.78 is 0. The number of hydrogen-bond acceptors (Lipinski definition) is 3. The highest BCUT2D eigenvalue weighted by atomic mass is 32.1. The molecule has 3 rings (SSSR count). The molecule has 154 valence electrons. The fraction of sp³-hybridized carbons (Fsp3) is 0.200. The lowest BCUT2D eigenvalue weighted by Crippen LogP contribution is -2.24. The van der Waals surface area contributed by atoms with Gasteiger partial charge in [-0.25, -0.2) is 0 Å². The van der Waals surface area contributed by atoms with Crippen LogP contribution >= 0.6 is 12.2 Å². The van der Waals surface area contributed by atoms with Gasteiger partial charge in [-0.3, -0.25) is 5.43 Å². The van der Waals surface area contributed by atoms with Crippen LogP contribution in [0.2, 0.25) is 0 Å². The Balaban J connectivity index is 1.56. The molecule has 0 saturated heterocycles. The van der Waals surface area contributed by atoms with Crippen molar-refractivity contribution in [2.24, 2.45) is 5.10 Å².